The molecule has 160 valence electrons. The van der Waals surface area contributed by atoms with Crippen LogP contribution in [0.4, 0.5) is 10.5 Å². The van der Waals surface area contributed by atoms with E-state index in [1.54, 1.807) is 0 Å². The zero-order valence-electron chi connectivity index (χ0n) is 18.5. The molecule has 0 saturated heterocycles. The Kier molecular flexibility index (Phi) is 5.28. The number of aromatic nitrogens is 1. The first-order chi connectivity index (χ1) is 15.7. The van der Waals surface area contributed by atoms with Gasteiger partial charge in [-0.25, -0.2) is 4.79 Å². The van der Waals surface area contributed by atoms with Crippen molar-refractivity contribution < 1.29 is 4.79 Å². The van der Waals surface area contributed by atoms with E-state index in [0.29, 0.717) is 6.54 Å². The number of carbonyl (C=O) groups is 1. The molecule has 1 unspecified atom stereocenters. The van der Waals surface area contributed by atoms with Gasteiger partial charge in [-0.15, -0.1) is 0 Å². The van der Waals surface area contributed by atoms with E-state index in [1.165, 1.54) is 5.56 Å². The highest BCUT2D eigenvalue weighted by atomic mass is 16.2. The van der Waals surface area contributed by atoms with Gasteiger partial charge in [-0.1, -0.05) is 67.6 Å². The molecule has 0 saturated carbocycles. The Labute approximate surface area is 189 Å². The number of rotatable bonds is 3. The van der Waals surface area contributed by atoms with Crippen LogP contribution >= 0.6 is 0 Å². The molecular formula is C28H27N3O. The molecule has 4 nitrogen and oxygen atoms in total. The number of amides is 2. The third-order valence-corrected chi connectivity index (χ3v) is 6.35. The molecule has 4 heteroatoms. The third kappa shape index (κ3) is 3.48. The number of hydrogen-bond acceptors (Lipinski definition) is 1. The van der Waals surface area contributed by atoms with Crippen LogP contribution in [0.2, 0.25) is 0 Å². The summed E-state index contributed by atoms with van der Waals surface area (Å²) in [5.74, 6) is 0. The third-order valence-electron chi connectivity index (χ3n) is 6.35. The largest absolute Gasteiger partial charge is 0.322 e. The van der Waals surface area contributed by atoms with Gasteiger partial charge in [-0.2, -0.15) is 0 Å². The van der Waals surface area contributed by atoms with E-state index in [1.807, 2.05) is 35.2 Å². The van der Waals surface area contributed by atoms with Crippen molar-refractivity contribution in [3.05, 3.63) is 119 Å². The van der Waals surface area contributed by atoms with Crippen LogP contribution in [0, 0.1) is 6.92 Å². The number of carbonyl (C=O) groups excluding carboxylic acids is 1. The zero-order valence-corrected chi connectivity index (χ0v) is 18.5. The SMILES string of the molecule is CCc1ccccc1NC(=O)N1Cc2ccccc2-n2cccc2C1c1ccccc1C. The van der Waals surface area contributed by atoms with E-state index in [2.05, 4.69) is 84.5 Å². The first-order valence-electron chi connectivity index (χ1n) is 11.1. The van der Waals surface area contributed by atoms with Crippen molar-refractivity contribution in [1.29, 1.82) is 0 Å². The zero-order chi connectivity index (χ0) is 22.1. The summed E-state index contributed by atoms with van der Waals surface area (Å²) in [7, 11) is 0. The number of hydrogen-bond donors (Lipinski definition) is 1. The second kappa shape index (κ2) is 8.39. The van der Waals surface area contributed by atoms with Crippen LogP contribution in [0.25, 0.3) is 5.69 Å². The molecule has 0 radical (unpaired) electrons. The van der Waals surface area contributed by atoms with Crippen molar-refractivity contribution in [2.75, 3.05) is 5.32 Å². The van der Waals surface area contributed by atoms with E-state index >= 15 is 0 Å². The maximum atomic E-state index is 13.8. The van der Waals surface area contributed by atoms with Crippen molar-refractivity contribution in [2.45, 2.75) is 32.9 Å². The van der Waals surface area contributed by atoms with Crippen molar-refractivity contribution in [3.8, 4) is 5.69 Å². The van der Waals surface area contributed by atoms with Crippen molar-refractivity contribution in [3.63, 3.8) is 0 Å². The molecule has 1 aliphatic rings. The Morgan fingerprint density at radius 3 is 2.53 bits per heavy atom. The molecule has 3 aromatic carbocycles. The van der Waals surface area contributed by atoms with Crippen LogP contribution in [-0.2, 0) is 13.0 Å². The standard InChI is InChI=1S/C28H27N3O/c1-3-21-12-5-8-15-24(21)29-28(32)31-19-22-13-6-9-16-25(22)30-18-10-17-26(30)27(31)23-14-7-4-11-20(23)2/h4-18,27H,3,19H2,1-2H3,(H,29,32). The van der Waals surface area contributed by atoms with Gasteiger partial charge < -0.3 is 14.8 Å². The number of nitrogens with zero attached hydrogens (tertiary/aromatic N) is 2. The lowest BCUT2D eigenvalue weighted by Crippen LogP contribution is -2.38. The highest BCUT2D eigenvalue weighted by molar-refractivity contribution is 5.91. The number of aryl methyl sites for hydroxylation is 2. The van der Waals surface area contributed by atoms with E-state index in [0.717, 1.165) is 40.2 Å². The Morgan fingerprint density at radius 2 is 1.69 bits per heavy atom. The van der Waals surface area contributed by atoms with Crippen molar-refractivity contribution >= 4 is 11.7 Å². The van der Waals surface area contributed by atoms with Crippen molar-refractivity contribution in [1.82, 2.24) is 9.47 Å². The molecule has 4 aromatic rings. The van der Waals surface area contributed by atoms with Gasteiger partial charge in [0.05, 0.1) is 12.2 Å². The molecular weight excluding hydrogens is 394 g/mol. The van der Waals surface area contributed by atoms with Crippen LogP contribution in [0.1, 0.15) is 40.9 Å². The predicted molar refractivity (Wildman–Crippen MR) is 129 cm³/mol. The molecule has 5 rings (SSSR count). The fourth-order valence-corrected chi connectivity index (χ4v) is 4.70. The van der Waals surface area contributed by atoms with Gasteiger partial charge in [-0.3, -0.25) is 0 Å². The molecule has 2 heterocycles. The summed E-state index contributed by atoms with van der Waals surface area (Å²) >= 11 is 0. The van der Waals surface area contributed by atoms with Crippen molar-refractivity contribution in [2.24, 2.45) is 0 Å². The molecule has 32 heavy (non-hydrogen) atoms. The van der Waals surface area contributed by atoms with Gasteiger partial charge in [0, 0.05) is 17.6 Å². The number of anilines is 1. The van der Waals surface area contributed by atoms with Crippen LogP contribution < -0.4 is 5.32 Å². The van der Waals surface area contributed by atoms with E-state index < -0.39 is 0 Å². The minimum atomic E-state index is -0.201. The van der Waals surface area contributed by atoms with E-state index in [9.17, 15) is 4.79 Å². The summed E-state index contributed by atoms with van der Waals surface area (Å²) in [6, 6.07) is 28.6. The fraction of sp³-hybridized carbons (Fsp3) is 0.179. The number of urea groups is 1. The number of nitrogens with one attached hydrogen (secondary N) is 1. The predicted octanol–water partition coefficient (Wildman–Crippen LogP) is 6.49. The number of para-hydroxylation sites is 2. The average Bonchev–Trinajstić information content (AvgIpc) is 3.24. The summed E-state index contributed by atoms with van der Waals surface area (Å²) in [5.41, 5.74) is 7.64. The van der Waals surface area contributed by atoms with Gasteiger partial charge in [0.15, 0.2) is 0 Å². The Hall–Kier alpha value is -3.79. The lowest BCUT2D eigenvalue weighted by atomic mass is 9.97. The minimum absolute atomic E-state index is 0.0939. The van der Waals surface area contributed by atoms with Crippen LogP contribution in [0.15, 0.2) is 91.1 Å². The quantitative estimate of drug-likeness (QED) is 0.404. The Morgan fingerprint density at radius 1 is 0.938 bits per heavy atom. The van der Waals surface area contributed by atoms with Crippen LogP contribution in [0.3, 0.4) is 0 Å². The van der Waals surface area contributed by atoms with Gasteiger partial charge in [-0.05, 0) is 59.9 Å². The molecule has 0 aliphatic carbocycles. The van der Waals surface area contributed by atoms with Gasteiger partial charge in [0.25, 0.3) is 0 Å². The van der Waals surface area contributed by atoms with E-state index in [-0.39, 0.29) is 12.1 Å². The Bertz CT molecular complexity index is 1270. The molecule has 2 amide bonds. The summed E-state index contributed by atoms with van der Waals surface area (Å²) in [6.07, 6.45) is 2.95. The molecule has 1 aliphatic heterocycles. The smallest absolute Gasteiger partial charge is 0.318 e. The molecule has 1 atom stereocenters. The molecule has 0 bridgehead atoms. The topological polar surface area (TPSA) is 37.3 Å². The highest BCUT2D eigenvalue weighted by Gasteiger charge is 2.33. The second-order valence-electron chi connectivity index (χ2n) is 8.26. The normalized spacial score (nSPS) is 14.9. The van der Waals surface area contributed by atoms with Gasteiger partial charge >= 0.3 is 6.03 Å². The van der Waals surface area contributed by atoms with Crippen LogP contribution in [-0.4, -0.2) is 15.5 Å². The lowest BCUT2D eigenvalue weighted by Gasteiger charge is -2.32. The first kappa shape index (κ1) is 20.1. The lowest BCUT2D eigenvalue weighted by molar-refractivity contribution is 0.194. The number of fused-ring (bicyclic) bond motifs is 3. The molecule has 0 spiro atoms. The fourth-order valence-electron chi connectivity index (χ4n) is 4.70. The number of benzene rings is 3. The van der Waals surface area contributed by atoms with Crippen LogP contribution in [0.5, 0.6) is 0 Å². The average molecular weight is 422 g/mol. The summed E-state index contributed by atoms with van der Waals surface area (Å²) in [5, 5.41) is 3.21. The molecule has 1 N–H and O–H groups in total. The maximum absolute atomic E-state index is 13.8. The summed E-state index contributed by atoms with van der Waals surface area (Å²) < 4.78 is 2.22. The van der Waals surface area contributed by atoms with E-state index in [4.69, 9.17) is 0 Å². The second-order valence-corrected chi connectivity index (χ2v) is 8.26. The highest BCUT2D eigenvalue weighted by Crippen LogP contribution is 2.38. The van der Waals surface area contributed by atoms with Gasteiger partial charge in [0.1, 0.15) is 6.04 Å². The molecule has 1 aromatic heterocycles. The van der Waals surface area contributed by atoms with Gasteiger partial charge in [0.2, 0.25) is 0 Å². The minimum Gasteiger partial charge on any atom is -0.318 e. The first-order valence-corrected chi connectivity index (χ1v) is 11.1. The molecule has 0 fully saturated rings. The maximum Gasteiger partial charge on any atom is 0.322 e. The monoisotopic (exact) mass is 421 g/mol. The summed E-state index contributed by atoms with van der Waals surface area (Å²) in [6.45, 7) is 4.75. The summed E-state index contributed by atoms with van der Waals surface area (Å²) in [4.78, 5) is 15.8. The Balaban J connectivity index is 1.65.